The van der Waals surface area contributed by atoms with Crippen molar-refractivity contribution in [2.75, 3.05) is 0 Å². The zero-order chi connectivity index (χ0) is 10.5. The molecule has 4 rings (SSSR count). The van der Waals surface area contributed by atoms with Crippen LogP contribution in [0.3, 0.4) is 0 Å². The molecule has 0 fully saturated rings. The summed E-state index contributed by atoms with van der Waals surface area (Å²) in [6.45, 7) is 0. The lowest BCUT2D eigenvalue weighted by atomic mass is 10.2. The van der Waals surface area contributed by atoms with Gasteiger partial charge in [0.05, 0.1) is 21.9 Å². The first-order chi connectivity index (χ1) is 7.93. The number of fused-ring (bicyclic) bond motifs is 5. The summed E-state index contributed by atoms with van der Waals surface area (Å²) in [5.74, 6) is 0. The molecule has 4 aromatic rings. The highest BCUT2D eigenvalue weighted by molar-refractivity contribution is 7.18. The summed E-state index contributed by atoms with van der Waals surface area (Å²) in [6, 6.07) is 10.5. The smallest absolute Gasteiger partial charge is 0.0817 e. The van der Waals surface area contributed by atoms with E-state index >= 15 is 0 Å². The highest BCUT2D eigenvalue weighted by Crippen LogP contribution is 2.33. The van der Waals surface area contributed by atoms with Crippen molar-refractivity contribution < 1.29 is 0 Å². The summed E-state index contributed by atoms with van der Waals surface area (Å²) in [6.07, 6.45) is 1.92. The molecule has 0 amide bonds. The first-order valence-corrected chi connectivity index (χ1v) is 6.04. The monoisotopic (exact) mass is 224 g/mol. The number of pyridine rings is 1. The minimum Gasteiger partial charge on any atom is -0.353 e. The Bertz CT molecular complexity index is 810. The Morgan fingerprint density at radius 1 is 1.06 bits per heavy atom. The van der Waals surface area contributed by atoms with Crippen LogP contribution < -0.4 is 0 Å². The van der Waals surface area contributed by atoms with E-state index in [4.69, 9.17) is 0 Å². The minimum atomic E-state index is 1.09. The van der Waals surface area contributed by atoms with Crippen LogP contribution in [0.4, 0.5) is 0 Å². The number of nitrogens with one attached hydrogen (secondary N) is 1. The van der Waals surface area contributed by atoms with E-state index < -0.39 is 0 Å². The van der Waals surface area contributed by atoms with Gasteiger partial charge in [0.2, 0.25) is 0 Å². The van der Waals surface area contributed by atoms with E-state index in [1.165, 1.54) is 21.0 Å². The second-order valence-corrected chi connectivity index (χ2v) is 4.77. The molecule has 0 radical (unpaired) electrons. The number of benzene rings is 1. The van der Waals surface area contributed by atoms with Crippen LogP contribution in [-0.4, -0.2) is 9.97 Å². The third-order valence-electron chi connectivity index (χ3n) is 2.94. The fourth-order valence-electron chi connectivity index (χ4n) is 2.23. The van der Waals surface area contributed by atoms with Crippen LogP contribution in [0.15, 0.2) is 41.9 Å². The molecule has 0 bridgehead atoms. The van der Waals surface area contributed by atoms with E-state index in [-0.39, 0.29) is 0 Å². The van der Waals surface area contributed by atoms with Gasteiger partial charge in [0.1, 0.15) is 0 Å². The van der Waals surface area contributed by atoms with Gasteiger partial charge in [-0.25, -0.2) is 0 Å². The first kappa shape index (κ1) is 8.30. The van der Waals surface area contributed by atoms with Gasteiger partial charge in [-0.15, -0.1) is 11.3 Å². The SMILES string of the molecule is c1ccc2c(c1)[nH]c1cnc3ccsc3c12. The number of rotatable bonds is 0. The Balaban J connectivity index is 2.42. The van der Waals surface area contributed by atoms with E-state index in [9.17, 15) is 0 Å². The van der Waals surface area contributed by atoms with Crippen LogP contribution in [-0.2, 0) is 0 Å². The molecule has 0 aliphatic rings. The van der Waals surface area contributed by atoms with Gasteiger partial charge in [0.25, 0.3) is 0 Å². The fraction of sp³-hybridized carbons (Fsp3) is 0. The molecule has 3 heteroatoms. The van der Waals surface area contributed by atoms with Gasteiger partial charge in [-0.3, -0.25) is 4.98 Å². The number of hydrogen-bond acceptors (Lipinski definition) is 2. The van der Waals surface area contributed by atoms with E-state index in [0.29, 0.717) is 0 Å². The van der Waals surface area contributed by atoms with Crippen LogP contribution in [0.2, 0.25) is 0 Å². The molecule has 0 spiro atoms. The highest BCUT2D eigenvalue weighted by Gasteiger charge is 2.08. The summed E-state index contributed by atoms with van der Waals surface area (Å²) in [4.78, 5) is 7.85. The molecule has 0 aliphatic heterocycles. The van der Waals surface area contributed by atoms with Crippen LogP contribution >= 0.6 is 11.3 Å². The average molecular weight is 224 g/mol. The lowest BCUT2D eigenvalue weighted by Crippen LogP contribution is -1.73. The van der Waals surface area contributed by atoms with Crippen molar-refractivity contribution in [3.05, 3.63) is 41.9 Å². The Morgan fingerprint density at radius 3 is 3.00 bits per heavy atom. The molecule has 16 heavy (non-hydrogen) atoms. The van der Waals surface area contributed by atoms with Crippen LogP contribution in [0.5, 0.6) is 0 Å². The van der Waals surface area contributed by atoms with Gasteiger partial charge in [0.15, 0.2) is 0 Å². The molecule has 0 aliphatic carbocycles. The molecule has 3 heterocycles. The number of aromatic amines is 1. The van der Waals surface area contributed by atoms with Gasteiger partial charge in [-0.2, -0.15) is 0 Å². The Morgan fingerprint density at radius 2 is 2.00 bits per heavy atom. The molecule has 1 aromatic carbocycles. The standard InChI is InChI=1S/C13H8N2S/c1-2-4-9-8(3-1)12-11(15-9)7-14-10-5-6-16-13(10)12/h1-7,15H. The van der Waals surface area contributed by atoms with Gasteiger partial charge in [-0.1, -0.05) is 18.2 Å². The summed E-state index contributed by atoms with van der Waals surface area (Å²) >= 11 is 1.75. The number of nitrogens with zero attached hydrogens (tertiary/aromatic N) is 1. The van der Waals surface area contributed by atoms with Crippen molar-refractivity contribution in [2.24, 2.45) is 0 Å². The molecule has 0 saturated carbocycles. The summed E-state index contributed by atoms with van der Waals surface area (Å²) in [7, 11) is 0. The van der Waals surface area contributed by atoms with E-state index in [1.54, 1.807) is 11.3 Å². The highest BCUT2D eigenvalue weighted by atomic mass is 32.1. The zero-order valence-corrected chi connectivity index (χ0v) is 9.21. The summed E-state index contributed by atoms with van der Waals surface area (Å²) in [5.41, 5.74) is 3.39. The van der Waals surface area contributed by atoms with Crippen molar-refractivity contribution in [2.45, 2.75) is 0 Å². The predicted octanol–water partition coefficient (Wildman–Crippen LogP) is 3.93. The molecular weight excluding hydrogens is 216 g/mol. The lowest BCUT2D eigenvalue weighted by molar-refractivity contribution is 1.42. The van der Waals surface area contributed by atoms with Gasteiger partial charge >= 0.3 is 0 Å². The van der Waals surface area contributed by atoms with Crippen LogP contribution in [0.1, 0.15) is 0 Å². The quantitative estimate of drug-likeness (QED) is 0.481. The van der Waals surface area contributed by atoms with Crippen LogP contribution in [0, 0.1) is 0 Å². The van der Waals surface area contributed by atoms with E-state index in [1.807, 2.05) is 6.20 Å². The minimum absolute atomic E-state index is 1.09. The Labute approximate surface area is 95.5 Å². The third-order valence-corrected chi connectivity index (χ3v) is 3.86. The number of H-pyrrole nitrogens is 1. The summed E-state index contributed by atoms with van der Waals surface area (Å²) < 4.78 is 1.27. The predicted molar refractivity (Wildman–Crippen MR) is 69.0 cm³/mol. The molecule has 0 unspecified atom stereocenters. The largest absolute Gasteiger partial charge is 0.353 e. The second-order valence-electron chi connectivity index (χ2n) is 3.85. The lowest BCUT2D eigenvalue weighted by Gasteiger charge is -1.92. The number of hydrogen-bond donors (Lipinski definition) is 1. The Hall–Kier alpha value is -1.87. The maximum Gasteiger partial charge on any atom is 0.0817 e. The normalized spacial score (nSPS) is 11.8. The van der Waals surface area contributed by atoms with E-state index in [0.717, 1.165) is 11.0 Å². The number of thiophene rings is 1. The van der Waals surface area contributed by atoms with Crippen molar-refractivity contribution in [3.63, 3.8) is 0 Å². The molecule has 1 N–H and O–H groups in total. The van der Waals surface area contributed by atoms with Crippen molar-refractivity contribution >= 4 is 43.4 Å². The van der Waals surface area contributed by atoms with Gasteiger partial charge < -0.3 is 4.98 Å². The average Bonchev–Trinajstić information content (AvgIpc) is 2.91. The topological polar surface area (TPSA) is 28.7 Å². The summed E-state index contributed by atoms with van der Waals surface area (Å²) in [5, 5.41) is 4.68. The first-order valence-electron chi connectivity index (χ1n) is 5.16. The Kier molecular flexibility index (Phi) is 1.47. The van der Waals surface area contributed by atoms with Gasteiger partial charge in [-0.05, 0) is 17.5 Å². The zero-order valence-electron chi connectivity index (χ0n) is 8.40. The molecule has 3 aromatic heterocycles. The third kappa shape index (κ3) is 0.933. The second kappa shape index (κ2) is 2.83. The number of aromatic nitrogens is 2. The van der Waals surface area contributed by atoms with Crippen molar-refractivity contribution in [3.8, 4) is 0 Å². The van der Waals surface area contributed by atoms with E-state index in [2.05, 4.69) is 45.7 Å². The van der Waals surface area contributed by atoms with Crippen molar-refractivity contribution in [1.82, 2.24) is 9.97 Å². The fourth-order valence-corrected chi connectivity index (χ4v) is 3.14. The van der Waals surface area contributed by atoms with Crippen LogP contribution in [0.25, 0.3) is 32.0 Å². The molecular formula is C13H8N2S. The maximum atomic E-state index is 4.44. The maximum absolute atomic E-state index is 4.44. The number of para-hydroxylation sites is 1. The molecule has 0 atom stereocenters. The van der Waals surface area contributed by atoms with Gasteiger partial charge in [0, 0.05) is 16.3 Å². The molecule has 0 saturated heterocycles. The molecule has 2 nitrogen and oxygen atoms in total. The van der Waals surface area contributed by atoms with Crippen molar-refractivity contribution in [1.29, 1.82) is 0 Å². The molecule has 76 valence electrons.